The van der Waals surface area contributed by atoms with Gasteiger partial charge in [0.15, 0.2) is 0 Å². The summed E-state index contributed by atoms with van der Waals surface area (Å²) in [5.74, 6) is 0. The summed E-state index contributed by atoms with van der Waals surface area (Å²) < 4.78 is 10.9. The van der Waals surface area contributed by atoms with E-state index in [9.17, 15) is 5.11 Å². The predicted molar refractivity (Wildman–Crippen MR) is 83.2 cm³/mol. The van der Waals surface area contributed by atoms with E-state index >= 15 is 0 Å². The molecule has 21 heavy (non-hydrogen) atoms. The van der Waals surface area contributed by atoms with Gasteiger partial charge in [-0.3, -0.25) is 0 Å². The summed E-state index contributed by atoms with van der Waals surface area (Å²) in [6.07, 6.45) is 0. The van der Waals surface area contributed by atoms with Crippen LogP contribution in [0.4, 0.5) is 0 Å². The lowest BCUT2D eigenvalue weighted by molar-refractivity contribution is -0.0376. The lowest BCUT2D eigenvalue weighted by Crippen LogP contribution is -2.33. The number of ether oxygens (including phenoxy) is 2. The quantitative estimate of drug-likeness (QED) is 0.758. The Bertz CT molecular complexity index is 471. The molecule has 3 nitrogen and oxygen atoms in total. The normalized spacial score (nSPS) is 11.5. The van der Waals surface area contributed by atoms with Gasteiger partial charge < -0.3 is 14.6 Å². The molecular formula is C18H22O3. The molecule has 0 fully saturated rings. The number of benzene rings is 2. The van der Waals surface area contributed by atoms with E-state index in [1.165, 1.54) is 0 Å². The molecule has 3 heteroatoms. The lowest BCUT2D eigenvalue weighted by atomic mass is 9.87. The van der Waals surface area contributed by atoms with Crippen molar-refractivity contribution in [1.82, 2.24) is 0 Å². The summed E-state index contributed by atoms with van der Waals surface area (Å²) in [6, 6.07) is 19.2. The predicted octanol–water partition coefficient (Wildman–Crippen LogP) is 2.98. The first-order valence-corrected chi connectivity index (χ1v) is 7.26. The van der Waals surface area contributed by atoms with Gasteiger partial charge in [-0.25, -0.2) is 0 Å². The van der Waals surface area contributed by atoms with E-state index < -0.39 is 5.60 Å². The Labute approximate surface area is 126 Å². The maximum atomic E-state index is 11.1. The van der Waals surface area contributed by atoms with Crippen LogP contribution in [0.5, 0.6) is 0 Å². The van der Waals surface area contributed by atoms with Gasteiger partial charge in [0, 0.05) is 6.61 Å². The highest BCUT2D eigenvalue weighted by molar-refractivity contribution is 5.35. The maximum Gasteiger partial charge on any atom is 0.138 e. The zero-order chi connectivity index (χ0) is 15.0. The minimum atomic E-state index is -1.14. The molecule has 2 aromatic carbocycles. The molecule has 0 aliphatic heterocycles. The van der Waals surface area contributed by atoms with Gasteiger partial charge in [0.2, 0.25) is 0 Å². The van der Waals surface area contributed by atoms with Crippen LogP contribution in [0.1, 0.15) is 18.1 Å². The Morgan fingerprint density at radius 2 is 1.29 bits per heavy atom. The van der Waals surface area contributed by atoms with Crippen LogP contribution in [0.2, 0.25) is 0 Å². The molecule has 0 heterocycles. The van der Waals surface area contributed by atoms with E-state index in [4.69, 9.17) is 9.47 Å². The fraction of sp³-hybridized carbons (Fsp3) is 0.333. The molecule has 0 radical (unpaired) electrons. The van der Waals surface area contributed by atoms with Crippen molar-refractivity contribution < 1.29 is 14.6 Å². The zero-order valence-corrected chi connectivity index (χ0v) is 12.4. The van der Waals surface area contributed by atoms with Crippen LogP contribution in [0.15, 0.2) is 60.7 Å². The van der Waals surface area contributed by atoms with E-state index in [2.05, 4.69) is 0 Å². The van der Waals surface area contributed by atoms with Crippen LogP contribution in [-0.4, -0.2) is 31.5 Å². The summed E-state index contributed by atoms with van der Waals surface area (Å²) in [6.45, 7) is 3.83. The van der Waals surface area contributed by atoms with Crippen LogP contribution in [0, 0.1) is 0 Å². The van der Waals surface area contributed by atoms with Crippen molar-refractivity contribution in [2.75, 3.05) is 26.4 Å². The molecule has 0 saturated carbocycles. The molecular weight excluding hydrogens is 264 g/mol. The fourth-order valence-corrected chi connectivity index (χ4v) is 2.24. The standard InChI is InChI=1S/C18H22O3/c1-2-20-13-14-21-15-18(19,16-9-5-3-6-10-16)17-11-7-4-8-12-17/h3-12,19H,2,13-15H2,1H3. The molecule has 0 amide bonds. The monoisotopic (exact) mass is 286 g/mol. The Kier molecular flexibility index (Phi) is 5.93. The van der Waals surface area contributed by atoms with Gasteiger partial charge in [0.05, 0.1) is 19.8 Å². The fourth-order valence-electron chi connectivity index (χ4n) is 2.24. The second-order valence-electron chi connectivity index (χ2n) is 4.84. The first-order chi connectivity index (χ1) is 10.3. The van der Waals surface area contributed by atoms with Crippen LogP contribution < -0.4 is 0 Å². The average molecular weight is 286 g/mol. The number of rotatable bonds is 8. The molecule has 2 rings (SSSR count). The van der Waals surface area contributed by atoms with Crippen molar-refractivity contribution in [3.63, 3.8) is 0 Å². The topological polar surface area (TPSA) is 38.7 Å². The Morgan fingerprint density at radius 3 is 1.76 bits per heavy atom. The highest BCUT2D eigenvalue weighted by Gasteiger charge is 2.31. The Morgan fingerprint density at radius 1 is 0.810 bits per heavy atom. The molecule has 0 aliphatic rings. The molecule has 0 spiro atoms. The van der Waals surface area contributed by atoms with Crippen molar-refractivity contribution in [2.24, 2.45) is 0 Å². The molecule has 0 atom stereocenters. The highest BCUT2D eigenvalue weighted by Crippen LogP contribution is 2.29. The Hall–Kier alpha value is -1.68. The first-order valence-electron chi connectivity index (χ1n) is 7.26. The molecule has 2 aromatic rings. The third-order valence-electron chi connectivity index (χ3n) is 3.39. The van der Waals surface area contributed by atoms with Gasteiger partial charge in [-0.05, 0) is 18.1 Å². The summed E-state index contributed by atoms with van der Waals surface area (Å²) in [5, 5.41) is 11.1. The molecule has 112 valence electrons. The first kappa shape index (κ1) is 15.7. The number of hydrogen-bond donors (Lipinski definition) is 1. The van der Waals surface area contributed by atoms with Crippen molar-refractivity contribution in [3.05, 3.63) is 71.8 Å². The van der Waals surface area contributed by atoms with Crippen molar-refractivity contribution in [1.29, 1.82) is 0 Å². The van der Waals surface area contributed by atoms with Gasteiger partial charge in [-0.1, -0.05) is 60.7 Å². The van der Waals surface area contributed by atoms with Crippen molar-refractivity contribution >= 4 is 0 Å². The van der Waals surface area contributed by atoms with Crippen LogP contribution in [0.25, 0.3) is 0 Å². The lowest BCUT2D eigenvalue weighted by Gasteiger charge is -2.29. The third-order valence-corrected chi connectivity index (χ3v) is 3.39. The van der Waals surface area contributed by atoms with Crippen LogP contribution in [-0.2, 0) is 15.1 Å². The summed E-state index contributed by atoms with van der Waals surface area (Å²) in [7, 11) is 0. The summed E-state index contributed by atoms with van der Waals surface area (Å²) >= 11 is 0. The van der Waals surface area contributed by atoms with E-state index in [-0.39, 0.29) is 6.61 Å². The van der Waals surface area contributed by atoms with E-state index in [1.807, 2.05) is 67.6 Å². The van der Waals surface area contributed by atoms with Crippen molar-refractivity contribution in [3.8, 4) is 0 Å². The van der Waals surface area contributed by atoms with Gasteiger partial charge in [-0.15, -0.1) is 0 Å². The number of hydrogen-bond acceptors (Lipinski definition) is 3. The highest BCUT2D eigenvalue weighted by atomic mass is 16.5. The second-order valence-corrected chi connectivity index (χ2v) is 4.84. The SMILES string of the molecule is CCOCCOCC(O)(c1ccccc1)c1ccccc1. The van der Waals surface area contributed by atoms with Crippen molar-refractivity contribution in [2.45, 2.75) is 12.5 Å². The van der Waals surface area contributed by atoms with E-state index in [1.54, 1.807) is 0 Å². The Balaban J connectivity index is 2.15. The molecule has 0 unspecified atom stereocenters. The minimum absolute atomic E-state index is 0.202. The number of aliphatic hydroxyl groups is 1. The van der Waals surface area contributed by atoms with Gasteiger partial charge in [0.25, 0.3) is 0 Å². The molecule has 0 aromatic heterocycles. The second kappa shape index (κ2) is 7.93. The minimum Gasteiger partial charge on any atom is -0.379 e. The average Bonchev–Trinajstić information content (AvgIpc) is 2.56. The molecule has 0 bridgehead atoms. The van der Waals surface area contributed by atoms with E-state index in [0.29, 0.717) is 19.8 Å². The third kappa shape index (κ3) is 4.14. The largest absolute Gasteiger partial charge is 0.379 e. The molecule has 0 saturated heterocycles. The van der Waals surface area contributed by atoms with E-state index in [0.717, 1.165) is 11.1 Å². The van der Waals surface area contributed by atoms with Gasteiger partial charge in [0.1, 0.15) is 5.60 Å². The smallest absolute Gasteiger partial charge is 0.138 e. The molecule has 1 N–H and O–H groups in total. The molecule has 0 aliphatic carbocycles. The summed E-state index contributed by atoms with van der Waals surface area (Å²) in [5.41, 5.74) is 0.509. The zero-order valence-electron chi connectivity index (χ0n) is 12.4. The maximum absolute atomic E-state index is 11.1. The summed E-state index contributed by atoms with van der Waals surface area (Å²) in [4.78, 5) is 0. The van der Waals surface area contributed by atoms with Gasteiger partial charge >= 0.3 is 0 Å². The van der Waals surface area contributed by atoms with Crippen LogP contribution >= 0.6 is 0 Å². The van der Waals surface area contributed by atoms with Crippen LogP contribution in [0.3, 0.4) is 0 Å². The van der Waals surface area contributed by atoms with Gasteiger partial charge in [-0.2, -0.15) is 0 Å².